The van der Waals surface area contributed by atoms with Gasteiger partial charge >= 0.3 is 12.1 Å². The number of hydrogen-bond acceptors (Lipinski definition) is 4. The lowest BCUT2D eigenvalue weighted by molar-refractivity contribution is -0.143. The number of amides is 2. The van der Waals surface area contributed by atoms with Gasteiger partial charge in [0.2, 0.25) is 5.91 Å². The zero-order chi connectivity index (χ0) is 24.3. The fourth-order valence-corrected chi connectivity index (χ4v) is 5.27. The second kappa shape index (κ2) is 9.87. The standard InChI is InChI=1S/C27H32N2O5/c1-27(2,14-24(30)28-15-17-8-7-13-18(17)25(31)32)29-26(33)34-16-23-21-11-5-3-9-19(21)20-10-4-6-12-22(20)23/h3-6,9-12,17-18,23H,7-8,13-16H2,1-2H3,(H,28,30)(H,29,33)(H,31,32). The fourth-order valence-electron chi connectivity index (χ4n) is 5.27. The fraction of sp³-hybridized carbons (Fsp3) is 0.444. The van der Waals surface area contributed by atoms with E-state index in [2.05, 4.69) is 34.9 Å². The van der Waals surface area contributed by atoms with Gasteiger partial charge in [-0.05, 0) is 54.9 Å². The molecule has 2 amide bonds. The summed E-state index contributed by atoms with van der Waals surface area (Å²) in [5.41, 5.74) is 3.80. The van der Waals surface area contributed by atoms with Crippen LogP contribution in [0.15, 0.2) is 48.5 Å². The highest BCUT2D eigenvalue weighted by atomic mass is 16.5. The van der Waals surface area contributed by atoms with Crippen LogP contribution in [-0.2, 0) is 14.3 Å². The lowest BCUT2D eigenvalue weighted by atomic mass is 9.95. The summed E-state index contributed by atoms with van der Waals surface area (Å²) in [5.74, 6) is -1.49. The quantitative estimate of drug-likeness (QED) is 0.540. The molecule has 4 rings (SSSR count). The highest BCUT2D eigenvalue weighted by molar-refractivity contribution is 5.80. The number of aliphatic carboxylic acids is 1. The van der Waals surface area contributed by atoms with Gasteiger partial charge in [0.15, 0.2) is 0 Å². The number of nitrogens with one attached hydrogen (secondary N) is 2. The van der Waals surface area contributed by atoms with E-state index in [0.29, 0.717) is 13.0 Å². The smallest absolute Gasteiger partial charge is 0.407 e. The highest BCUT2D eigenvalue weighted by Crippen LogP contribution is 2.44. The summed E-state index contributed by atoms with van der Waals surface area (Å²) in [4.78, 5) is 36.4. The van der Waals surface area contributed by atoms with Crippen molar-refractivity contribution in [3.63, 3.8) is 0 Å². The molecule has 2 aromatic carbocycles. The van der Waals surface area contributed by atoms with Crippen LogP contribution in [0.25, 0.3) is 11.1 Å². The first-order chi connectivity index (χ1) is 16.2. The van der Waals surface area contributed by atoms with Crippen molar-refractivity contribution in [1.82, 2.24) is 10.6 Å². The maximum atomic E-state index is 12.6. The molecule has 2 aliphatic rings. The SMILES string of the molecule is CC(C)(CC(=O)NCC1CCCC1C(=O)O)NC(=O)OCC1c2ccccc2-c2ccccc21. The molecule has 2 aromatic rings. The van der Waals surface area contributed by atoms with Crippen molar-refractivity contribution < 1.29 is 24.2 Å². The minimum Gasteiger partial charge on any atom is -0.481 e. The molecule has 0 aliphatic heterocycles. The third-order valence-electron chi connectivity index (χ3n) is 6.92. The first-order valence-corrected chi connectivity index (χ1v) is 11.9. The van der Waals surface area contributed by atoms with Gasteiger partial charge in [0.25, 0.3) is 0 Å². The Morgan fingerprint density at radius 2 is 1.62 bits per heavy atom. The molecule has 1 fully saturated rings. The van der Waals surface area contributed by atoms with E-state index in [-0.39, 0.29) is 30.8 Å². The number of carbonyl (C=O) groups excluding carboxylic acids is 2. The van der Waals surface area contributed by atoms with E-state index >= 15 is 0 Å². The third kappa shape index (κ3) is 5.24. The molecule has 2 atom stereocenters. The number of carboxylic acids is 1. The number of ether oxygens (including phenoxy) is 1. The van der Waals surface area contributed by atoms with Crippen molar-refractivity contribution in [3.05, 3.63) is 59.7 Å². The van der Waals surface area contributed by atoms with Crippen LogP contribution in [-0.4, -0.2) is 41.8 Å². The number of carbonyl (C=O) groups is 3. The minimum atomic E-state index is -0.811. The average molecular weight is 465 g/mol. The summed E-state index contributed by atoms with van der Waals surface area (Å²) in [5, 5.41) is 14.9. The van der Waals surface area contributed by atoms with Crippen molar-refractivity contribution >= 4 is 18.0 Å². The number of hydrogen-bond donors (Lipinski definition) is 3. The molecule has 0 radical (unpaired) electrons. The van der Waals surface area contributed by atoms with Crippen molar-refractivity contribution in [1.29, 1.82) is 0 Å². The molecule has 3 N–H and O–H groups in total. The summed E-state index contributed by atoms with van der Waals surface area (Å²) in [6.07, 6.45) is 1.83. The molecule has 0 saturated heterocycles. The van der Waals surface area contributed by atoms with Gasteiger partial charge in [-0.25, -0.2) is 4.79 Å². The van der Waals surface area contributed by atoms with Crippen molar-refractivity contribution in [2.24, 2.45) is 11.8 Å². The summed E-state index contributed by atoms with van der Waals surface area (Å²) >= 11 is 0. The van der Waals surface area contributed by atoms with E-state index in [0.717, 1.165) is 35.1 Å². The number of carboxylic acid groups (broad SMARTS) is 1. The summed E-state index contributed by atoms with van der Waals surface area (Å²) in [6.45, 7) is 4.09. The predicted molar refractivity (Wildman–Crippen MR) is 128 cm³/mol. The van der Waals surface area contributed by atoms with Crippen LogP contribution in [0.2, 0.25) is 0 Å². The lowest BCUT2D eigenvalue weighted by Gasteiger charge is -2.26. The number of alkyl carbamates (subject to hydrolysis) is 1. The minimum absolute atomic E-state index is 0.0295. The van der Waals surface area contributed by atoms with Crippen LogP contribution in [0.3, 0.4) is 0 Å². The zero-order valence-electron chi connectivity index (χ0n) is 19.7. The Bertz CT molecular complexity index is 1030. The molecule has 7 heteroatoms. The van der Waals surface area contributed by atoms with Gasteiger partial charge in [0, 0.05) is 24.4 Å². The van der Waals surface area contributed by atoms with Crippen molar-refractivity contribution in [3.8, 4) is 11.1 Å². The van der Waals surface area contributed by atoms with Crippen molar-refractivity contribution in [2.45, 2.75) is 51.0 Å². The molecule has 180 valence electrons. The number of rotatable bonds is 8. The Morgan fingerprint density at radius 3 is 2.24 bits per heavy atom. The Kier molecular flexibility index (Phi) is 6.91. The maximum absolute atomic E-state index is 12.6. The van der Waals surface area contributed by atoms with Gasteiger partial charge in [-0.3, -0.25) is 9.59 Å². The van der Waals surface area contributed by atoms with Gasteiger partial charge in [0.05, 0.1) is 5.92 Å². The normalized spacial score (nSPS) is 19.2. The van der Waals surface area contributed by atoms with E-state index in [4.69, 9.17) is 4.74 Å². The molecule has 0 aromatic heterocycles. The van der Waals surface area contributed by atoms with E-state index in [1.54, 1.807) is 13.8 Å². The Balaban J connectivity index is 1.28. The summed E-state index contributed by atoms with van der Waals surface area (Å²) < 4.78 is 5.59. The Hall–Kier alpha value is -3.35. The first kappa shape index (κ1) is 23.8. The lowest BCUT2D eigenvalue weighted by Crippen LogP contribution is -2.47. The van der Waals surface area contributed by atoms with E-state index in [1.807, 2.05) is 24.3 Å². The molecule has 1 saturated carbocycles. The second-order valence-corrected chi connectivity index (χ2v) is 9.95. The molecular weight excluding hydrogens is 432 g/mol. The first-order valence-electron chi connectivity index (χ1n) is 11.9. The Labute approximate surface area is 199 Å². The van der Waals surface area contributed by atoms with E-state index < -0.39 is 23.5 Å². The molecule has 0 bridgehead atoms. The monoisotopic (exact) mass is 464 g/mol. The van der Waals surface area contributed by atoms with Crippen LogP contribution in [0, 0.1) is 11.8 Å². The van der Waals surface area contributed by atoms with Crippen LogP contribution in [0.5, 0.6) is 0 Å². The van der Waals surface area contributed by atoms with Gasteiger partial charge in [0.1, 0.15) is 6.61 Å². The van der Waals surface area contributed by atoms with Gasteiger partial charge in [-0.2, -0.15) is 0 Å². The number of fused-ring (bicyclic) bond motifs is 3. The molecule has 2 aliphatic carbocycles. The molecule has 2 unspecified atom stereocenters. The van der Waals surface area contributed by atoms with E-state index in [1.165, 1.54) is 0 Å². The topological polar surface area (TPSA) is 105 Å². The molecule has 7 nitrogen and oxygen atoms in total. The molecule has 0 spiro atoms. The molecular formula is C27H32N2O5. The zero-order valence-corrected chi connectivity index (χ0v) is 19.7. The molecule has 0 heterocycles. The highest BCUT2D eigenvalue weighted by Gasteiger charge is 2.34. The van der Waals surface area contributed by atoms with Crippen LogP contribution in [0.4, 0.5) is 4.79 Å². The van der Waals surface area contributed by atoms with Crippen LogP contribution in [0.1, 0.15) is 56.6 Å². The Morgan fingerprint density at radius 1 is 1.00 bits per heavy atom. The van der Waals surface area contributed by atoms with Gasteiger partial charge < -0.3 is 20.5 Å². The summed E-state index contributed by atoms with van der Waals surface area (Å²) in [7, 11) is 0. The second-order valence-electron chi connectivity index (χ2n) is 9.95. The van der Waals surface area contributed by atoms with Crippen LogP contribution < -0.4 is 10.6 Å². The van der Waals surface area contributed by atoms with Crippen LogP contribution >= 0.6 is 0 Å². The summed E-state index contributed by atoms with van der Waals surface area (Å²) in [6, 6.07) is 16.3. The van der Waals surface area contributed by atoms with E-state index in [9.17, 15) is 19.5 Å². The maximum Gasteiger partial charge on any atom is 0.407 e. The third-order valence-corrected chi connectivity index (χ3v) is 6.92. The predicted octanol–water partition coefficient (Wildman–Crippen LogP) is 4.31. The largest absolute Gasteiger partial charge is 0.481 e. The van der Waals surface area contributed by atoms with Gasteiger partial charge in [-0.1, -0.05) is 55.0 Å². The molecule has 34 heavy (non-hydrogen) atoms. The van der Waals surface area contributed by atoms with Gasteiger partial charge in [-0.15, -0.1) is 0 Å². The number of benzene rings is 2. The average Bonchev–Trinajstić information content (AvgIpc) is 3.38. The van der Waals surface area contributed by atoms with Crippen molar-refractivity contribution in [2.75, 3.05) is 13.2 Å².